The maximum atomic E-state index is 11.2. The van der Waals surface area contributed by atoms with E-state index in [2.05, 4.69) is 25.5 Å². The normalized spacial score (nSPS) is 14.7. The molecule has 4 rings (SSSR count). The largest absolute Gasteiger partial charge is 0.338 e. The van der Waals surface area contributed by atoms with E-state index in [9.17, 15) is 4.79 Å². The van der Waals surface area contributed by atoms with Crippen LogP contribution < -0.4 is 5.43 Å². The second kappa shape index (κ2) is 5.48. The summed E-state index contributed by atoms with van der Waals surface area (Å²) < 4.78 is 0. The van der Waals surface area contributed by atoms with Crippen molar-refractivity contribution < 1.29 is 4.79 Å². The van der Waals surface area contributed by atoms with Crippen LogP contribution in [0.15, 0.2) is 41.6 Å². The molecule has 23 heavy (non-hydrogen) atoms. The van der Waals surface area contributed by atoms with Gasteiger partial charge in [-0.1, -0.05) is 17.7 Å². The van der Waals surface area contributed by atoms with Gasteiger partial charge in [-0.15, -0.1) is 0 Å². The number of hydrogen-bond donors (Lipinski definition) is 2. The fourth-order valence-electron chi connectivity index (χ4n) is 2.56. The number of hydrazone groups is 1. The van der Waals surface area contributed by atoms with Crippen molar-refractivity contribution in [1.29, 1.82) is 0 Å². The van der Waals surface area contributed by atoms with Gasteiger partial charge in [0.25, 0.3) is 0 Å². The number of aromatic amines is 1. The minimum absolute atomic E-state index is 0.0527. The monoisotopic (exact) mass is 325 g/mol. The fourth-order valence-corrected chi connectivity index (χ4v) is 2.77. The average Bonchev–Trinajstić information content (AvgIpc) is 2.99. The molecule has 1 aliphatic heterocycles. The van der Waals surface area contributed by atoms with Gasteiger partial charge in [-0.3, -0.25) is 4.79 Å². The maximum absolute atomic E-state index is 11.2. The Bertz CT molecular complexity index is 947. The van der Waals surface area contributed by atoms with Crippen molar-refractivity contribution in [3.05, 3.63) is 47.2 Å². The van der Waals surface area contributed by atoms with Crippen molar-refractivity contribution in [1.82, 2.24) is 20.4 Å². The molecule has 0 saturated carbocycles. The fraction of sp³-hybridized carbons (Fsp3) is 0.125. The van der Waals surface area contributed by atoms with Crippen LogP contribution in [-0.2, 0) is 4.79 Å². The van der Waals surface area contributed by atoms with Crippen LogP contribution in [0.1, 0.15) is 18.4 Å². The minimum atomic E-state index is -0.0527. The van der Waals surface area contributed by atoms with Crippen molar-refractivity contribution in [3.63, 3.8) is 0 Å². The van der Waals surface area contributed by atoms with E-state index in [0.29, 0.717) is 23.8 Å². The van der Waals surface area contributed by atoms with Gasteiger partial charge >= 0.3 is 0 Å². The number of pyridine rings is 1. The van der Waals surface area contributed by atoms with E-state index >= 15 is 0 Å². The van der Waals surface area contributed by atoms with Gasteiger partial charge in [0.2, 0.25) is 5.91 Å². The number of fused-ring (bicyclic) bond motifs is 1. The van der Waals surface area contributed by atoms with Crippen LogP contribution in [0.5, 0.6) is 0 Å². The number of H-pyrrole nitrogens is 1. The Hall–Kier alpha value is -2.73. The number of benzene rings is 1. The highest BCUT2D eigenvalue weighted by Gasteiger charge is 2.15. The zero-order valence-electron chi connectivity index (χ0n) is 12.0. The smallest absolute Gasteiger partial charge is 0.240 e. The van der Waals surface area contributed by atoms with Crippen LogP contribution in [0, 0.1) is 0 Å². The lowest BCUT2D eigenvalue weighted by atomic mass is 10.0. The first-order valence-corrected chi connectivity index (χ1v) is 7.55. The predicted octanol–water partition coefficient (Wildman–Crippen LogP) is 2.89. The number of rotatable bonds is 2. The summed E-state index contributed by atoms with van der Waals surface area (Å²) in [4.78, 5) is 23.1. The van der Waals surface area contributed by atoms with E-state index in [1.165, 1.54) is 0 Å². The summed E-state index contributed by atoms with van der Waals surface area (Å²) >= 11 is 6.12. The minimum Gasteiger partial charge on any atom is -0.338 e. The average molecular weight is 326 g/mol. The van der Waals surface area contributed by atoms with Gasteiger partial charge in [-0.25, -0.2) is 15.4 Å². The number of halogens is 1. The third-order valence-corrected chi connectivity index (χ3v) is 4.04. The first-order valence-electron chi connectivity index (χ1n) is 7.17. The first kappa shape index (κ1) is 13.9. The van der Waals surface area contributed by atoms with Gasteiger partial charge in [0.05, 0.1) is 22.3 Å². The molecule has 114 valence electrons. The third kappa shape index (κ3) is 2.57. The topological polar surface area (TPSA) is 83.0 Å². The number of carbonyl (C=O) groups excluding carboxylic acids is 1. The molecule has 1 amide bonds. The maximum Gasteiger partial charge on any atom is 0.240 e. The van der Waals surface area contributed by atoms with Crippen LogP contribution in [0.3, 0.4) is 0 Å². The van der Waals surface area contributed by atoms with Gasteiger partial charge in [0.15, 0.2) is 0 Å². The standard InChI is InChI=1S/C16H12ClN5O/c17-15-10(2-1-7-18-15)16-19-12-4-3-9(8-13(12)20-16)11-5-6-14(23)22-21-11/h1-4,7-8H,5-6H2,(H,19,20)(H,22,23). The van der Waals surface area contributed by atoms with Gasteiger partial charge in [0, 0.05) is 24.6 Å². The number of carbonyl (C=O) groups is 1. The van der Waals surface area contributed by atoms with Crippen LogP contribution in [0.4, 0.5) is 0 Å². The number of amides is 1. The van der Waals surface area contributed by atoms with Crippen molar-refractivity contribution in [2.75, 3.05) is 0 Å². The molecule has 0 spiro atoms. The first-order chi connectivity index (χ1) is 11.2. The lowest BCUT2D eigenvalue weighted by molar-refractivity contribution is -0.121. The van der Waals surface area contributed by atoms with Crippen LogP contribution in [0.2, 0.25) is 5.15 Å². The van der Waals surface area contributed by atoms with E-state index in [1.54, 1.807) is 6.20 Å². The highest BCUT2D eigenvalue weighted by molar-refractivity contribution is 6.32. The third-order valence-electron chi connectivity index (χ3n) is 3.73. The highest BCUT2D eigenvalue weighted by Crippen LogP contribution is 2.26. The quantitative estimate of drug-likeness (QED) is 0.711. The van der Waals surface area contributed by atoms with E-state index < -0.39 is 0 Å². The number of nitrogens with one attached hydrogen (secondary N) is 2. The molecule has 0 atom stereocenters. The Kier molecular flexibility index (Phi) is 3.31. The molecule has 2 aromatic heterocycles. The molecule has 7 heteroatoms. The highest BCUT2D eigenvalue weighted by atomic mass is 35.5. The van der Waals surface area contributed by atoms with Gasteiger partial charge < -0.3 is 4.98 Å². The summed E-state index contributed by atoms with van der Waals surface area (Å²) in [7, 11) is 0. The van der Waals surface area contributed by atoms with Crippen molar-refractivity contribution >= 4 is 34.3 Å². The molecule has 0 fully saturated rings. The Morgan fingerprint density at radius 1 is 1.17 bits per heavy atom. The second-order valence-corrected chi connectivity index (χ2v) is 5.61. The summed E-state index contributed by atoms with van der Waals surface area (Å²) in [5, 5.41) is 4.52. The van der Waals surface area contributed by atoms with Crippen LogP contribution >= 0.6 is 11.6 Å². The number of nitrogens with zero attached hydrogens (tertiary/aromatic N) is 3. The van der Waals surface area contributed by atoms with E-state index in [4.69, 9.17) is 11.6 Å². The molecule has 2 N–H and O–H groups in total. The lowest BCUT2D eigenvalue weighted by Gasteiger charge is -2.11. The molecule has 1 aliphatic rings. The zero-order chi connectivity index (χ0) is 15.8. The molecule has 0 aliphatic carbocycles. The Balaban J connectivity index is 1.76. The molecule has 3 aromatic rings. The molecule has 1 aromatic carbocycles. The molecule has 0 saturated heterocycles. The van der Waals surface area contributed by atoms with Crippen LogP contribution in [0.25, 0.3) is 22.4 Å². The van der Waals surface area contributed by atoms with Gasteiger partial charge in [0.1, 0.15) is 11.0 Å². The van der Waals surface area contributed by atoms with Crippen molar-refractivity contribution in [2.45, 2.75) is 12.8 Å². The predicted molar refractivity (Wildman–Crippen MR) is 88.2 cm³/mol. The number of aromatic nitrogens is 3. The molecule has 0 radical (unpaired) electrons. The summed E-state index contributed by atoms with van der Waals surface area (Å²) in [6.07, 6.45) is 2.72. The van der Waals surface area contributed by atoms with Gasteiger partial charge in [-0.2, -0.15) is 5.10 Å². The molecule has 0 unspecified atom stereocenters. The van der Waals surface area contributed by atoms with E-state index in [0.717, 1.165) is 27.9 Å². The summed E-state index contributed by atoms with van der Waals surface area (Å²) in [5.74, 6) is 0.622. The van der Waals surface area contributed by atoms with Crippen molar-refractivity contribution in [3.8, 4) is 11.4 Å². The van der Waals surface area contributed by atoms with Crippen LogP contribution in [-0.4, -0.2) is 26.6 Å². The molecular weight excluding hydrogens is 314 g/mol. The summed E-state index contributed by atoms with van der Waals surface area (Å²) in [6.45, 7) is 0. The summed E-state index contributed by atoms with van der Waals surface area (Å²) in [6, 6.07) is 9.56. The molecule has 6 nitrogen and oxygen atoms in total. The molecule has 0 bridgehead atoms. The molecular formula is C16H12ClN5O. The van der Waals surface area contributed by atoms with Gasteiger partial charge in [-0.05, 0) is 24.3 Å². The summed E-state index contributed by atoms with van der Waals surface area (Å²) in [5.41, 5.74) is 6.80. The Labute approximate surface area is 136 Å². The lowest BCUT2D eigenvalue weighted by Crippen LogP contribution is -2.25. The molecule has 3 heterocycles. The zero-order valence-corrected chi connectivity index (χ0v) is 12.8. The Morgan fingerprint density at radius 3 is 2.87 bits per heavy atom. The van der Waals surface area contributed by atoms with Crippen molar-refractivity contribution in [2.24, 2.45) is 5.10 Å². The second-order valence-electron chi connectivity index (χ2n) is 5.25. The SMILES string of the molecule is O=C1CCC(c2ccc3[nH]c(-c4cccnc4Cl)nc3c2)=NN1. The number of hydrogen-bond acceptors (Lipinski definition) is 4. The Morgan fingerprint density at radius 2 is 2.09 bits per heavy atom. The van der Waals surface area contributed by atoms with E-state index in [-0.39, 0.29) is 5.91 Å². The number of imidazole rings is 1. The van der Waals surface area contributed by atoms with E-state index in [1.807, 2.05) is 30.3 Å².